The zero-order valence-corrected chi connectivity index (χ0v) is 18.2. The first-order chi connectivity index (χ1) is 15.7. The first kappa shape index (κ1) is 25.5. The molecule has 0 fully saturated rings. The number of carbonyl (C=O) groups excluding carboxylic acids is 2. The highest BCUT2D eigenvalue weighted by atomic mass is 16.5. The van der Waals surface area contributed by atoms with Crippen molar-refractivity contribution in [2.75, 3.05) is 13.7 Å². The Morgan fingerprint density at radius 2 is 1.67 bits per heavy atom. The maximum atomic E-state index is 12.8. The Labute approximate surface area is 190 Å². The molecule has 0 aromatic heterocycles. The molecule has 0 aliphatic heterocycles. The Balaban J connectivity index is 1.99. The van der Waals surface area contributed by atoms with Crippen LogP contribution in [0.1, 0.15) is 24.0 Å². The molecule has 0 saturated heterocycles. The minimum absolute atomic E-state index is 0.183. The summed E-state index contributed by atoms with van der Waals surface area (Å²) in [5, 5.41) is 43.4. The summed E-state index contributed by atoms with van der Waals surface area (Å²) in [4.78, 5) is 36.2. The molecule has 0 spiro atoms. The van der Waals surface area contributed by atoms with Crippen LogP contribution in [0.2, 0.25) is 0 Å². The number of hydrogen-bond acceptors (Lipinski definition) is 8. The number of rotatable bonds is 12. The Morgan fingerprint density at radius 3 is 2.30 bits per heavy atom. The fraction of sp³-hybridized carbons (Fsp3) is 0.348. The van der Waals surface area contributed by atoms with Crippen LogP contribution >= 0.6 is 0 Å². The second kappa shape index (κ2) is 12.3. The third kappa shape index (κ3) is 7.69. The van der Waals surface area contributed by atoms with Gasteiger partial charge in [0, 0.05) is 6.42 Å². The number of ether oxygens (including phenoxy) is 1. The molecule has 10 heteroatoms. The second-order valence-corrected chi connectivity index (χ2v) is 7.42. The predicted molar refractivity (Wildman–Crippen MR) is 118 cm³/mol. The van der Waals surface area contributed by atoms with Gasteiger partial charge in [-0.1, -0.05) is 36.4 Å². The lowest BCUT2D eigenvalue weighted by atomic mass is 10.0. The summed E-state index contributed by atoms with van der Waals surface area (Å²) in [6, 6.07) is 9.62. The number of aryl methyl sites for hydroxylation is 1. The standard InChI is InChI=1S/C23H28N2O8/c1-33-23(32)17(12-14-6-3-2-4-7-14)25-22(31)16(13-19(27)28)24-11-5-8-15-9-10-18(26)21(30)20(15)29/h2-4,6-7,9-10,16-17,24,26,29-30H,5,8,11-13H2,1H3,(H,25,31)(H,27,28)/t16-,17-/m0/s1. The van der Waals surface area contributed by atoms with E-state index in [0.717, 1.165) is 5.56 Å². The summed E-state index contributed by atoms with van der Waals surface area (Å²) < 4.78 is 4.77. The van der Waals surface area contributed by atoms with Crippen molar-refractivity contribution in [1.82, 2.24) is 10.6 Å². The van der Waals surface area contributed by atoms with Crippen LogP contribution in [0.5, 0.6) is 17.2 Å². The van der Waals surface area contributed by atoms with E-state index < -0.39 is 53.6 Å². The van der Waals surface area contributed by atoms with Gasteiger partial charge >= 0.3 is 11.9 Å². The van der Waals surface area contributed by atoms with E-state index in [1.807, 2.05) is 6.07 Å². The van der Waals surface area contributed by atoms with Gasteiger partial charge < -0.3 is 35.8 Å². The molecule has 1 amide bonds. The van der Waals surface area contributed by atoms with Crippen molar-refractivity contribution in [2.45, 2.75) is 37.8 Å². The number of phenols is 3. The minimum Gasteiger partial charge on any atom is -0.504 e. The van der Waals surface area contributed by atoms with Gasteiger partial charge in [-0.3, -0.25) is 9.59 Å². The smallest absolute Gasteiger partial charge is 0.328 e. The van der Waals surface area contributed by atoms with Gasteiger partial charge in [0.05, 0.1) is 19.6 Å². The molecule has 2 aromatic rings. The lowest BCUT2D eigenvalue weighted by Crippen LogP contribution is -2.52. The quantitative estimate of drug-likeness (QED) is 0.154. The van der Waals surface area contributed by atoms with Crippen LogP contribution in [0, 0.1) is 0 Å². The molecule has 6 N–H and O–H groups in total. The number of nitrogens with one attached hydrogen (secondary N) is 2. The van der Waals surface area contributed by atoms with E-state index in [1.54, 1.807) is 24.3 Å². The molecule has 2 atom stereocenters. The Morgan fingerprint density at radius 1 is 0.970 bits per heavy atom. The molecule has 178 valence electrons. The van der Waals surface area contributed by atoms with Gasteiger partial charge in [-0.05, 0) is 36.6 Å². The average molecular weight is 460 g/mol. The van der Waals surface area contributed by atoms with Gasteiger partial charge in [-0.25, -0.2) is 4.79 Å². The minimum atomic E-state index is -1.19. The molecule has 0 aliphatic rings. The maximum Gasteiger partial charge on any atom is 0.328 e. The van der Waals surface area contributed by atoms with Gasteiger partial charge in [0.25, 0.3) is 0 Å². The summed E-state index contributed by atoms with van der Waals surface area (Å²) in [6.45, 7) is 0.216. The monoisotopic (exact) mass is 460 g/mol. The predicted octanol–water partition coefficient (Wildman–Crippen LogP) is 1.07. The number of carboxylic acid groups (broad SMARTS) is 1. The molecule has 0 heterocycles. The normalized spacial score (nSPS) is 12.5. The summed E-state index contributed by atoms with van der Waals surface area (Å²) in [6.07, 6.45) is 0.372. The highest BCUT2D eigenvalue weighted by Crippen LogP contribution is 2.37. The molecule has 33 heavy (non-hydrogen) atoms. The van der Waals surface area contributed by atoms with Gasteiger partial charge in [-0.2, -0.15) is 0 Å². The average Bonchev–Trinajstić information content (AvgIpc) is 2.80. The van der Waals surface area contributed by atoms with Crippen molar-refractivity contribution in [3.05, 3.63) is 53.6 Å². The van der Waals surface area contributed by atoms with E-state index in [1.165, 1.54) is 19.2 Å². The zero-order valence-electron chi connectivity index (χ0n) is 18.2. The topological polar surface area (TPSA) is 165 Å². The third-order valence-corrected chi connectivity index (χ3v) is 5.01. The maximum absolute atomic E-state index is 12.8. The first-order valence-electron chi connectivity index (χ1n) is 10.3. The number of phenolic OH excluding ortho intramolecular Hbond substituents is 3. The highest BCUT2D eigenvalue weighted by molar-refractivity contribution is 5.90. The van der Waals surface area contributed by atoms with Gasteiger partial charge in [0.15, 0.2) is 11.5 Å². The lowest BCUT2D eigenvalue weighted by Gasteiger charge is -2.21. The van der Waals surface area contributed by atoms with Gasteiger partial charge in [0.1, 0.15) is 6.04 Å². The second-order valence-electron chi connectivity index (χ2n) is 7.42. The molecular formula is C23H28N2O8. The van der Waals surface area contributed by atoms with Crippen molar-refractivity contribution >= 4 is 17.8 Å². The van der Waals surface area contributed by atoms with Crippen LogP contribution in [-0.2, 0) is 32.0 Å². The van der Waals surface area contributed by atoms with E-state index in [2.05, 4.69) is 10.6 Å². The highest BCUT2D eigenvalue weighted by Gasteiger charge is 2.27. The van der Waals surface area contributed by atoms with Gasteiger partial charge in [-0.15, -0.1) is 0 Å². The fourth-order valence-corrected chi connectivity index (χ4v) is 3.26. The Bertz CT molecular complexity index is 964. The molecule has 0 saturated carbocycles. The van der Waals surface area contributed by atoms with Crippen LogP contribution in [0.3, 0.4) is 0 Å². The molecule has 2 rings (SSSR count). The lowest BCUT2D eigenvalue weighted by molar-refractivity contribution is -0.145. The molecular weight excluding hydrogens is 432 g/mol. The first-order valence-corrected chi connectivity index (χ1v) is 10.3. The van der Waals surface area contributed by atoms with Crippen LogP contribution in [0.25, 0.3) is 0 Å². The number of methoxy groups -OCH3 is 1. The largest absolute Gasteiger partial charge is 0.504 e. The number of carboxylic acids is 1. The van der Waals surface area contributed by atoms with Crippen molar-refractivity contribution < 1.29 is 39.5 Å². The molecule has 2 aromatic carbocycles. The van der Waals surface area contributed by atoms with Crippen molar-refractivity contribution in [3.63, 3.8) is 0 Å². The SMILES string of the molecule is COC(=O)[C@H](Cc1ccccc1)NC(=O)[C@H](CC(=O)O)NCCCc1ccc(O)c(O)c1O. The fourth-order valence-electron chi connectivity index (χ4n) is 3.26. The van der Waals surface area contributed by atoms with Crippen LogP contribution < -0.4 is 10.6 Å². The molecule has 0 aliphatic carbocycles. The number of amides is 1. The Kier molecular flexibility index (Phi) is 9.49. The van der Waals surface area contributed by atoms with Crippen LogP contribution in [0.15, 0.2) is 42.5 Å². The zero-order chi connectivity index (χ0) is 24.4. The summed E-state index contributed by atoms with van der Waals surface area (Å²) in [5.41, 5.74) is 1.19. The molecule has 0 bridgehead atoms. The molecule has 0 unspecified atom stereocenters. The van der Waals surface area contributed by atoms with Crippen LogP contribution in [-0.4, -0.2) is 64.0 Å². The molecule has 0 radical (unpaired) electrons. The summed E-state index contributed by atoms with van der Waals surface area (Å²) >= 11 is 0. The van der Waals surface area contributed by atoms with Crippen molar-refractivity contribution in [3.8, 4) is 17.2 Å². The number of esters is 1. The van der Waals surface area contributed by atoms with E-state index in [9.17, 15) is 34.8 Å². The van der Waals surface area contributed by atoms with Crippen LogP contribution in [0.4, 0.5) is 0 Å². The van der Waals surface area contributed by atoms with Crippen molar-refractivity contribution in [2.24, 2.45) is 0 Å². The number of aromatic hydroxyl groups is 3. The number of carbonyl (C=O) groups is 3. The molecule has 10 nitrogen and oxygen atoms in total. The Hall–Kier alpha value is -3.79. The van der Waals surface area contributed by atoms with E-state index >= 15 is 0 Å². The van der Waals surface area contributed by atoms with Gasteiger partial charge in [0.2, 0.25) is 11.7 Å². The van der Waals surface area contributed by atoms with Crippen molar-refractivity contribution in [1.29, 1.82) is 0 Å². The van der Waals surface area contributed by atoms with E-state index in [4.69, 9.17) is 4.74 Å². The number of benzene rings is 2. The number of hydrogen-bond donors (Lipinski definition) is 6. The summed E-state index contributed by atoms with van der Waals surface area (Å²) in [5.74, 6) is -3.99. The third-order valence-electron chi connectivity index (χ3n) is 5.01. The summed E-state index contributed by atoms with van der Waals surface area (Å²) in [7, 11) is 1.20. The van der Waals surface area contributed by atoms with E-state index in [-0.39, 0.29) is 13.0 Å². The number of aliphatic carboxylic acids is 1. The van der Waals surface area contributed by atoms with E-state index in [0.29, 0.717) is 18.4 Å².